The van der Waals surface area contributed by atoms with E-state index in [1.807, 2.05) is 0 Å². The molecule has 0 unspecified atom stereocenters. The standard InChI is InChI=1S/C16H19F3N2O3/c1-11(22)21-10-2-3-14(21)15(23)20-9-8-12-4-6-13(7-5-12)24-16(17,18)19/h4-7,14H,2-3,8-10H2,1H3,(H,20,23)/t14-/m1/s1. The van der Waals surface area contributed by atoms with Gasteiger partial charge < -0.3 is 15.0 Å². The van der Waals surface area contributed by atoms with E-state index in [2.05, 4.69) is 10.1 Å². The highest BCUT2D eigenvalue weighted by molar-refractivity contribution is 5.87. The number of alkyl halides is 3. The monoisotopic (exact) mass is 344 g/mol. The van der Waals surface area contributed by atoms with Crippen molar-refractivity contribution in [2.75, 3.05) is 13.1 Å². The molecule has 0 spiro atoms. The van der Waals surface area contributed by atoms with Crippen molar-refractivity contribution in [3.63, 3.8) is 0 Å². The zero-order valence-electron chi connectivity index (χ0n) is 13.2. The lowest BCUT2D eigenvalue weighted by atomic mass is 10.1. The number of nitrogens with one attached hydrogen (secondary N) is 1. The Morgan fingerprint density at radius 1 is 1.29 bits per heavy atom. The minimum absolute atomic E-state index is 0.118. The summed E-state index contributed by atoms with van der Waals surface area (Å²) in [5.41, 5.74) is 0.777. The molecule has 0 aromatic heterocycles. The van der Waals surface area contributed by atoms with Crippen molar-refractivity contribution in [2.24, 2.45) is 0 Å². The fourth-order valence-corrected chi connectivity index (χ4v) is 2.72. The van der Waals surface area contributed by atoms with Crippen LogP contribution < -0.4 is 10.1 Å². The average molecular weight is 344 g/mol. The molecule has 2 amide bonds. The number of nitrogens with zero attached hydrogens (tertiary/aromatic N) is 1. The van der Waals surface area contributed by atoms with E-state index in [0.29, 0.717) is 25.9 Å². The van der Waals surface area contributed by atoms with Gasteiger partial charge in [0.15, 0.2) is 0 Å². The summed E-state index contributed by atoms with van der Waals surface area (Å²) in [6.07, 6.45) is -2.78. The molecule has 1 fully saturated rings. The van der Waals surface area contributed by atoms with Gasteiger partial charge in [-0.1, -0.05) is 12.1 Å². The number of halogens is 3. The molecular formula is C16H19F3N2O3. The fourth-order valence-electron chi connectivity index (χ4n) is 2.72. The predicted molar refractivity (Wildman–Crippen MR) is 80.2 cm³/mol. The van der Waals surface area contributed by atoms with Gasteiger partial charge in [0.2, 0.25) is 11.8 Å². The average Bonchev–Trinajstić information content (AvgIpc) is 2.97. The topological polar surface area (TPSA) is 58.6 Å². The lowest BCUT2D eigenvalue weighted by Crippen LogP contribution is -2.45. The number of hydrogen-bond acceptors (Lipinski definition) is 3. The maximum Gasteiger partial charge on any atom is 0.573 e. The van der Waals surface area contributed by atoms with E-state index in [1.54, 1.807) is 4.90 Å². The van der Waals surface area contributed by atoms with Crippen LogP contribution in [0.2, 0.25) is 0 Å². The van der Waals surface area contributed by atoms with E-state index in [4.69, 9.17) is 0 Å². The van der Waals surface area contributed by atoms with E-state index in [9.17, 15) is 22.8 Å². The van der Waals surface area contributed by atoms with Crippen LogP contribution in [0.3, 0.4) is 0 Å². The third-order valence-electron chi connectivity index (χ3n) is 3.83. The fraction of sp³-hybridized carbons (Fsp3) is 0.500. The summed E-state index contributed by atoms with van der Waals surface area (Å²) in [6, 6.07) is 5.08. The van der Waals surface area contributed by atoms with Gasteiger partial charge in [-0.2, -0.15) is 0 Å². The molecule has 132 valence electrons. The van der Waals surface area contributed by atoms with Crippen LogP contribution in [0, 0.1) is 0 Å². The SMILES string of the molecule is CC(=O)N1CCC[C@@H]1C(=O)NCCc1ccc(OC(F)(F)F)cc1. The van der Waals surface area contributed by atoms with Crippen LogP contribution in [0.5, 0.6) is 5.75 Å². The quantitative estimate of drug-likeness (QED) is 0.891. The van der Waals surface area contributed by atoms with E-state index in [0.717, 1.165) is 12.0 Å². The van der Waals surface area contributed by atoms with Crippen molar-refractivity contribution in [2.45, 2.75) is 38.6 Å². The zero-order valence-corrected chi connectivity index (χ0v) is 13.2. The first-order chi connectivity index (χ1) is 11.3. The molecule has 0 radical (unpaired) electrons. The van der Waals surface area contributed by atoms with Crippen LogP contribution in [-0.4, -0.2) is 42.2 Å². The first-order valence-corrected chi connectivity index (χ1v) is 7.66. The van der Waals surface area contributed by atoms with E-state index in [1.165, 1.54) is 31.2 Å². The number of hydrogen-bond donors (Lipinski definition) is 1. The zero-order chi connectivity index (χ0) is 17.7. The molecule has 2 rings (SSSR count). The Morgan fingerprint density at radius 3 is 2.54 bits per heavy atom. The van der Waals surface area contributed by atoms with E-state index < -0.39 is 12.4 Å². The molecule has 1 aromatic carbocycles. The Bertz CT molecular complexity index is 587. The van der Waals surface area contributed by atoms with Gasteiger partial charge in [-0.15, -0.1) is 13.2 Å². The Labute approximate surface area is 137 Å². The Hall–Kier alpha value is -2.25. The van der Waals surface area contributed by atoms with Crippen LogP contribution in [0.4, 0.5) is 13.2 Å². The third-order valence-corrected chi connectivity index (χ3v) is 3.83. The molecule has 24 heavy (non-hydrogen) atoms. The summed E-state index contributed by atoms with van der Waals surface area (Å²) in [7, 11) is 0. The van der Waals surface area contributed by atoms with Crippen molar-refractivity contribution in [1.29, 1.82) is 0 Å². The molecule has 1 heterocycles. The summed E-state index contributed by atoms with van der Waals surface area (Å²) < 4.78 is 40.0. The second kappa shape index (κ2) is 7.55. The molecule has 1 aliphatic rings. The lowest BCUT2D eigenvalue weighted by molar-refractivity contribution is -0.274. The van der Waals surface area contributed by atoms with Gasteiger partial charge in [-0.25, -0.2) is 0 Å². The smallest absolute Gasteiger partial charge is 0.406 e. The second-order valence-corrected chi connectivity index (χ2v) is 5.60. The highest BCUT2D eigenvalue weighted by Crippen LogP contribution is 2.22. The number of likely N-dealkylation sites (tertiary alicyclic amines) is 1. The summed E-state index contributed by atoms with van der Waals surface area (Å²) in [6.45, 7) is 2.38. The molecule has 5 nitrogen and oxygen atoms in total. The van der Waals surface area contributed by atoms with Gasteiger partial charge in [-0.05, 0) is 37.0 Å². The van der Waals surface area contributed by atoms with Gasteiger partial charge in [0.05, 0.1) is 0 Å². The number of ether oxygens (including phenoxy) is 1. The van der Waals surface area contributed by atoms with Gasteiger partial charge in [-0.3, -0.25) is 9.59 Å². The largest absolute Gasteiger partial charge is 0.573 e. The van der Waals surface area contributed by atoms with Crippen LogP contribution >= 0.6 is 0 Å². The molecule has 1 aromatic rings. The Kier molecular flexibility index (Phi) is 5.69. The van der Waals surface area contributed by atoms with Gasteiger partial charge in [0, 0.05) is 20.0 Å². The van der Waals surface area contributed by atoms with E-state index in [-0.39, 0.29) is 17.6 Å². The minimum Gasteiger partial charge on any atom is -0.406 e. The third kappa shape index (κ3) is 5.14. The Morgan fingerprint density at radius 2 is 1.96 bits per heavy atom. The molecule has 1 N–H and O–H groups in total. The predicted octanol–water partition coefficient (Wildman–Crippen LogP) is 2.25. The highest BCUT2D eigenvalue weighted by atomic mass is 19.4. The molecule has 8 heteroatoms. The Balaban J connectivity index is 1.79. The van der Waals surface area contributed by atoms with Crippen LogP contribution in [-0.2, 0) is 16.0 Å². The van der Waals surface area contributed by atoms with Gasteiger partial charge in [0.25, 0.3) is 0 Å². The second-order valence-electron chi connectivity index (χ2n) is 5.60. The van der Waals surface area contributed by atoms with Crippen molar-refractivity contribution < 1.29 is 27.5 Å². The first kappa shape index (κ1) is 18.1. The molecule has 1 saturated heterocycles. The summed E-state index contributed by atoms with van der Waals surface area (Å²) in [5, 5.41) is 2.77. The van der Waals surface area contributed by atoms with Crippen LogP contribution in [0.25, 0.3) is 0 Å². The number of carbonyl (C=O) groups excluding carboxylic acids is 2. The molecule has 0 aliphatic carbocycles. The summed E-state index contributed by atoms with van der Waals surface area (Å²) in [5.74, 6) is -0.592. The summed E-state index contributed by atoms with van der Waals surface area (Å²) >= 11 is 0. The lowest BCUT2D eigenvalue weighted by Gasteiger charge is -2.22. The maximum atomic E-state index is 12.1. The molecule has 0 saturated carbocycles. The van der Waals surface area contributed by atoms with Crippen molar-refractivity contribution in [3.05, 3.63) is 29.8 Å². The van der Waals surface area contributed by atoms with Crippen molar-refractivity contribution in [3.8, 4) is 5.75 Å². The number of benzene rings is 1. The summed E-state index contributed by atoms with van der Waals surface area (Å²) in [4.78, 5) is 25.1. The van der Waals surface area contributed by atoms with Gasteiger partial charge in [0.1, 0.15) is 11.8 Å². The van der Waals surface area contributed by atoms with Gasteiger partial charge >= 0.3 is 6.36 Å². The highest BCUT2D eigenvalue weighted by Gasteiger charge is 2.32. The number of rotatable bonds is 5. The number of carbonyl (C=O) groups is 2. The van der Waals surface area contributed by atoms with Crippen LogP contribution in [0.1, 0.15) is 25.3 Å². The molecule has 1 aliphatic heterocycles. The molecule has 1 atom stereocenters. The van der Waals surface area contributed by atoms with Crippen LogP contribution in [0.15, 0.2) is 24.3 Å². The molecular weight excluding hydrogens is 325 g/mol. The number of amides is 2. The normalized spacial score (nSPS) is 17.7. The first-order valence-electron chi connectivity index (χ1n) is 7.66. The van der Waals surface area contributed by atoms with Crippen molar-refractivity contribution >= 4 is 11.8 Å². The maximum absolute atomic E-state index is 12.1. The van der Waals surface area contributed by atoms with Crippen molar-refractivity contribution in [1.82, 2.24) is 10.2 Å². The van der Waals surface area contributed by atoms with E-state index >= 15 is 0 Å². The molecule has 0 bridgehead atoms. The minimum atomic E-state index is -4.71.